The maximum atomic E-state index is 8.86. The number of hydrogen-bond acceptors (Lipinski definition) is 3. The van der Waals surface area contributed by atoms with Gasteiger partial charge in [0.15, 0.2) is 0 Å². The topological polar surface area (TPSA) is 46.2 Å². The minimum atomic E-state index is 0.180. The highest BCUT2D eigenvalue weighted by Crippen LogP contribution is 2.34. The molecule has 0 aliphatic carbocycles. The summed E-state index contributed by atoms with van der Waals surface area (Å²) in [4.78, 5) is 0. The molecule has 0 aliphatic heterocycles. The number of aliphatic hydroxyl groups is 1. The number of benzene rings is 1. The molecule has 3 heteroatoms. The Kier molecular flexibility index (Phi) is 6.63. The van der Waals surface area contributed by atoms with Gasteiger partial charge in [0.05, 0.1) is 0 Å². The summed E-state index contributed by atoms with van der Waals surface area (Å²) in [7, 11) is 0. The number of aliphatic hydroxyl groups excluding tert-OH is 1. The van der Waals surface area contributed by atoms with Gasteiger partial charge in [-0.2, -0.15) is 11.8 Å². The first-order chi connectivity index (χ1) is 8.20. The van der Waals surface area contributed by atoms with Gasteiger partial charge in [-0.05, 0) is 36.6 Å². The molecule has 0 radical (unpaired) electrons. The Labute approximate surface area is 109 Å². The first-order valence-corrected chi connectivity index (χ1v) is 7.29. The van der Waals surface area contributed by atoms with Crippen LogP contribution in [0.15, 0.2) is 24.3 Å². The van der Waals surface area contributed by atoms with E-state index in [1.165, 1.54) is 11.1 Å². The second-order valence-electron chi connectivity index (χ2n) is 4.30. The van der Waals surface area contributed by atoms with Crippen LogP contribution < -0.4 is 5.73 Å². The van der Waals surface area contributed by atoms with E-state index in [9.17, 15) is 0 Å². The number of aryl methyl sites for hydroxylation is 1. The van der Waals surface area contributed by atoms with Crippen LogP contribution in [0.2, 0.25) is 0 Å². The lowest BCUT2D eigenvalue weighted by molar-refractivity contribution is 0.296. The molecular formula is C14H23NOS. The van der Waals surface area contributed by atoms with Crippen LogP contribution in [0.25, 0.3) is 0 Å². The number of thioether (sulfide) groups is 1. The molecule has 2 unspecified atom stereocenters. The van der Waals surface area contributed by atoms with E-state index >= 15 is 0 Å². The van der Waals surface area contributed by atoms with E-state index in [1.54, 1.807) is 0 Å². The van der Waals surface area contributed by atoms with Crippen molar-refractivity contribution >= 4 is 11.8 Å². The molecule has 0 heterocycles. The van der Waals surface area contributed by atoms with Crippen LogP contribution in [0, 0.1) is 6.92 Å². The zero-order valence-corrected chi connectivity index (χ0v) is 11.5. The summed E-state index contributed by atoms with van der Waals surface area (Å²) in [6, 6.07) is 8.62. The van der Waals surface area contributed by atoms with Crippen LogP contribution in [0.1, 0.15) is 36.1 Å². The van der Waals surface area contributed by atoms with Crippen LogP contribution in [0.3, 0.4) is 0 Å². The molecule has 0 spiro atoms. The van der Waals surface area contributed by atoms with Crippen molar-refractivity contribution < 1.29 is 5.11 Å². The standard InChI is InChI=1S/C14H23NOS/c1-3-13(15)14(17-10-6-9-16)12-8-5-4-7-11(12)2/h4-5,7-8,13-14,16H,3,6,9-10,15H2,1-2H3. The Hall–Kier alpha value is -0.510. The third-order valence-corrected chi connectivity index (χ3v) is 4.44. The highest BCUT2D eigenvalue weighted by Gasteiger charge is 2.20. The summed E-state index contributed by atoms with van der Waals surface area (Å²) >= 11 is 1.86. The van der Waals surface area contributed by atoms with Crippen molar-refractivity contribution in [3.05, 3.63) is 35.4 Å². The molecule has 2 nitrogen and oxygen atoms in total. The third kappa shape index (κ3) is 4.34. The lowest BCUT2D eigenvalue weighted by Crippen LogP contribution is -2.26. The Morgan fingerprint density at radius 2 is 2.06 bits per heavy atom. The van der Waals surface area contributed by atoms with Gasteiger partial charge in [0.2, 0.25) is 0 Å². The van der Waals surface area contributed by atoms with Crippen LogP contribution >= 0.6 is 11.8 Å². The van der Waals surface area contributed by atoms with Gasteiger partial charge >= 0.3 is 0 Å². The molecule has 1 aromatic rings. The Balaban J connectivity index is 2.79. The summed E-state index contributed by atoms with van der Waals surface area (Å²) in [6.45, 7) is 4.52. The molecule has 0 bridgehead atoms. The molecule has 0 saturated heterocycles. The molecule has 0 aliphatic rings. The van der Waals surface area contributed by atoms with Crippen molar-refractivity contribution in [2.45, 2.75) is 38.0 Å². The van der Waals surface area contributed by atoms with E-state index in [2.05, 4.69) is 38.1 Å². The van der Waals surface area contributed by atoms with Crippen molar-refractivity contribution in [2.75, 3.05) is 12.4 Å². The highest BCUT2D eigenvalue weighted by molar-refractivity contribution is 7.99. The van der Waals surface area contributed by atoms with Gasteiger partial charge in [-0.15, -0.1) is 0 Å². The smallest absolute Gasteiger partial charge is 0.0450 e. The van der Waals surface area contributed by atoms with E-state index < -0.39 is 0 Å². The molecule has 96 valence electrons. The SMILES string of the molecule is CCC(N)C(SCCCO)c1ccccc1C. The van der Waals surface area contributed by atoms with Crippen molar-refractivity contribution in [3.63, 3.8) is 0 Å². The summed E-state index contributed by atoms with van der Waals surface area (Å²) in [6.07, 6.45) is 1.81. The van der Waals surface area contributed by atoms with Crippen LogP contribution in [-0.4, -0.2) is 23.5 Å². The minimum absolute atomic E-state index is 0.180. The minimum Gasteiger partial charge on any atom is -0.396 e. The summed E-state index contributed by atoms with van der Waals surface area (Å²) in [5.74, 6) is 0.962. The second kappa shape index (κ2) is 7.75. The maximum absolute atomic E-state index is 8.86. The van der Waals surface area contributed by atoms with Gasteiger partial charge in [-0.1, -0.05) is 31.2 Å². The van der Waals surface area contributed by atoms with E-state index in [4.69, 9.17) is 10.8 Å². The Bertz CT molecular complexity index is 330. The summed E-state index contributed by atoms with van der Waals surface area (Å²) in [5.41, 5.74) is 8.86. The van der Waals surface area contributed by atoms with E-state index in [0.717, 1.165) is 18.6 Å². The summed E-state index contributed by atoms with van der Waals surface area (Å²) < 4.78 is 0. The Morgan fingerprint density at radius 1 is 1.35 bits per heavy atom. The quantitative estimate of drug-likeness (QED) is 0.735. The average Bonchev–Trinajstić information content (AvgIpc) is 2.35. The molecule has 17 heavy (non-hydrogen) atoms. The first-order valence-electron chi connectivity index (χ1n) is 6.24. The maximum Gasteiger partial charge on any atom is 0.0450 e. The van der Waals surface area contributed by atoms with E-state index in [1.807, 2.05) is 11.8 Å². The molecule has 0 aromatic heterocycles. The van der Waals surface area contributed by atoms with E-state index in [-0.39, 0.29) is 12.6 Å². The van der Waals surface area contributed by atoms with Crippen LogP contribution in [0.5, 0.6) is 0 Å². The molecule has 1 aromatic carbocycles. The lowest BCUT2D eigenvalue weighted by atomic mass is 10.00. The second-order valence-corrected chi connectivity index (χ2v) is 5.55. The van der Waals surface area contributed by atoms with Crippen LogP contribution in [-0.2, 0) is 0 Å². The lowest BCUT2D eigenvalue weighted by Gasteiger charge is -2.24. The van der Waals surface area contributed by atoms with Gasteiger partial charge in [0, 0.05) is 17.9 Å². The third-order valence-electron chi connectivity index (χ3n) is 2.96. The molecule has 0 saturated carbocycles. The van der Waals surface area contributed by atoms with Crippen LogP contribution in [0.4, 0.5) is 0 Å². The highest BCUT2D eigenvalue weighted by atomic mass is 32.2. The molecule has 0 fully saturated rings. The van der Waals surface area contributed by atoms with Crippen molar-refractivity contribution in [1.82, 2.24) is 0 Å². The van der Waals surface area contributed by atoms with Crippen molar-refractivity contribution in [3.8, 4) is 0 Å². The fourth-order valence-corrected chi connectivity index (χ4v) is 3.27. The zero-order valence-electron chi connectivity index (χ0n) is 10.7. The molecule has 3 N–H and O–H groups in total. The predicted molar refractivity (Wildman–Crippen MR) is 76.3 cm³/mol. The fraction of sp³-hybridized carbons (Fsp3) is 0.571. The van der Waals surface area contributed by atoms with Gasteiger partial charge in [-0.25, -0.2) is 0 Å². The van der Waals surface area contributed by atoms with Crippen molar-refractivity contribution in [2.24, 2.45) is 5.73 Å². The van der Waals surface area contributed by atoms with Crippen molar-refractivity contribution in [1.29, 1.82) is 0 Å². The largest absolute Gasteiger partial charge is 0.396 e. The molecule has 0 amide bonds. The van der Waals surface area contributed by atoms with Gasteiger partial charge in [0.25, 0.3) is 0 Å². The predicted octanol–water partition coefficient (Wildman–Crippen LogP) is 2.89. The number of nitrogens with two attached hydrogens (primary N) is 1. The zero-order chi connectivity index (χ0) is 12.7. The van der Waals surface area contributed by atoms with Gasteiger partial charge in [0.1, 0.15) is 0 Å². The van der Waals surface area contributed by atoms with Gasteiger partial charge < -0.3 is 10.8 Å². The monoisotopic (exact) mass is 253 g/mol. The molecule has 1 rings (SSSR count). The Morgan fingerprint density at radius 3 is 2.65 bits per heavy atom. The average molecular weight is 253 g/mol. The van der Waals surface area contributed by atoms with E-state index in [0.29, 0.717) is 5.25 Å². The fourth-order valence-electron chi connectivity index (χ4n) is 1.84. The molecular weight excluding hydrogens is 230 g/mol. The summed E-state index contributed by atoms with van der Waals surface area (Å²) in [5, 5.41) is 9.20. The number of hydrogen-bond donors (Lipinski definition) is 2. The van der Waals surface area contributed by atoms with Gasteiger partial charge in [-0.3, -0.25) is 0 Å². The normalized spacial score (nSPS) is 14.6. The number of rotatable bonds is 7. The first kappa shape index (κ1) is 14.6. The molecule has 2 atom stereocenters.